The van der Waals surface area contributed by atoms with E-state index in [1.807, 2.05) is 6.26 Å². The fraction of sp³-hybridized carbons (Fsp3) is 0.300. The molecule has 1 aromatic rings. The molecule has 0 bridgehead atoms. The van der Waals surface area contributed by atoms with Crippen LogP contribution in [0.3, 0.4) is 0 Å². The lowest BCUT2D eigenvalue weighted by molar-refractivity contribution is -0.385. The maximum Gasteiger partial charge on any atom is 0.273 e. The first-order valence-corrected chi connectivity index (χ1v) is 6.82. The van der Waals surface area contributed by atoms with Crippen molar-refractivity contribution >= 4 is 39.2 Å². The molecule has 0 amide bonds. The van der Waals surface area contributed by atoms with Gasteiger partial charge in [-0.3, -0.25) is 14.9 Å². The molecule has 0 unspecified atom stereocenters. The Morgan fingerprint density at radius 2 is 2.25 bits per heavy atom. The van der Waals surface area contributed by atoms with Gasteiger partial charge in [0, 0.05) is 22.9 Å². The van der Waals surface area contributed by atoms with Gasteiger partial charge in [-0.15, -0.1) is 11.8 Å². The summed E-state index contributed by atoms with van der Waals surface area (Å²) in [6, 6.07) is 4.83. The number of rotatable bonds is 5. The number of Topliss-reactive ketones (excluding diaryl/α,β-unsaturated/α-hetero) is 1. The van der Waals surface area contributed by atoms with Crippen LogP contribution in [0.25, 0.3) is 0 Å². The maximum atomic E-state index is 11.3. The molecule has 1 aromatic carbocycles. The van der Waals surface area contributed by atoms with Crippen LogP contribution in [0.5, 0.6) is 0 Å². The van der Waals surface area contributed by atoms with Crippen molar-refractivity contribution in [3.63, 3.8) is 0 Å². The summed E-state index contributed by atoms with van der Waals surface area (Å²) in [6.45, 7) is 0. The molecule has 0 saturated heterocycles. The van der Waals surface area contributed by atoms with Gasteiger partial charge in [0.05, 0.1) is 10.3 Å². The first-order valence-electron chi connectivity index (χ1n) is 4.47. The molecule has 0 heterocycles. The van der Waals surface area contributed by atoms with E-state index in [4.69, 9.17) is 0 Å². The molecule has 0 saturated carbocycles. The van der Waals surface area contributed by atoms with Gasteiger partial charge in [0.1, 0.15) is 5.78 Å². The van der Waals surface area contributed by atoms with E-state index in [9.17, 15) is 14.9 Å². The second-order valence-electron chi connectivity index (χ2n) is 3.10. The molecule has 86 valence electrons. The predicted molar refractivity (Wildman–Crippen MR) is 67.4 cm³/mol. The van der Waals surface area contributed by atoms with Crippen molar-refractivity contribution in [3.8, 4) is 0 Å². The molecule has 4 nitrogen and oxygen atoms in total. The number of hydrogen-bond donors (Lipinski definition) is 0. The van der Waals surface area contributed by atoms with Crippen LogP contribution in [0.4, 0.5) is 5.69 Å². The van der Waals surface area contributed by atoms with Crippen molar-refractivity contribution in [2.45, 2.75) is 11.3 Å². The summed E-state index contributed by atoms with van der Waals surface area (Å²) >= 11 is 4.54. The third-order valence-corrected chi connectivity index (χ3v) is 3.37. The number of thioether (sulfide) groups is 1. The van der Waals surface area contributed by atoms with E-state index < -0.39 is 4.92 Å². The molecule has 0 aliphatic rings. The van der Waals surface area contributed by atoms with Gasteiger partial charge < -0.3 is 0 Å². The zero-order chi connectivity index (χ0) is 12.1. The van der Waals surface area contributed by atoms with Crippen LogP contribution in [0, 0.1) is 10.1 Å². The smallest absolute Gasteiger partial charge is 0.273 e. The SMILES string of the molecule is CSc1ccc([N+](=O)[O-])c(CC(=O)CBr)c1. The van der Waals surface area contributed by atoms with Crippen molar-refractivity contribution < 1.29 is 9.72 Å². The van der Waals surface area contributed by atoms with E-state index in [-0.39, 0.29) is 23.2 Å². The van der Waals surface area contributed by atoms with Gasteiger partial charge >= 0.3 is 0 Å². The number of carbonyl (C=O) groups is 1. The first-order chi connectivity index (χ1) is 7.58. The number of halogens is 1. The third kappa shape index (κ3) is 3.31. The van der Waals surface area contributed by atoms with Crippen LogP contribution in [0.15, 0.2) is 23.1 Å². The Kier molecular flexibility index (Phi) is 4.95. The molecule has 1 rings (SSSR count). The summed E-state index contributed by atoms with van der Waals surface area (Å²) in [5, 5.41) is 11.0. The van der Waals surface area contributed by atoms with Gasteiger partial charge in [0.25, 0.3) is 5.69 Å². The monoisotopic (exact) mass is 303 g/mol. The van der Waals surface area contributed by atoms with Crippen molar-refractivity contribution in [2.24, 2.45) is 0 Å². The second kappa shape index (κ2) is 6.00. The molecule has 0 aliphatic carbocycles. The minimum absolute atomic E-state index is 0.00657. The summed E-state index contributed by atoms with van der Waals surface area (Å²) < 4.78 is 0. The Balaban J connectivity index is 3.10. The first kappa shape index (κ1) is 13.2. The Labute approximate surface area is 106 Å². The van der Waals surface area contributed by atoms with Crippen molar-refractivity contribution in [1.29, 1.82) is 0 Å². The topological polar surface area (TPSA) is 60.2 Å². The van der Waals surface area contributed by atoms with Crippen molar-refractivity contribution in [2.75, 3.05) is 11.6 Å². The number of hydrogen-bond acceptors (Lipinski definition) is 4. The molecule has 16 heavy (non-hydrogen) atoms. The summed E-state index contributed by atoms with van der Waals surface area (Å²) in [5.74, 6) is -0.0682. The Hall–Kier alpha value is -0.880. The van der Waals surface area contributed by atoms with E-state index in [0.717, 1.165) is 4.90 Å². The van der Waals surface area contributed by atoms with Crippen LogP contribution >= 0.6 is 27.7 Å². The Morgan fingerprint density at radius 1 is 1.56 bits per heavy atom. The molecule has 6 heteroatoms. The van der Waals surface area contributed by atoms with Gasteiger partial charge in [0.15, 0.2) is 0 Å². The number of carbonyl (C=O) groups excluding carboxylic acids is 1. The summed E-state index contributed by atoms with van der Waals surface area (Å²) in [6.07, 6.45) is 1.98. The second-order valence-corrected chi connectivity index (χ2v) is 4.54. The molecular weight excluding hydrogens is 294 g/mol. The van der Waals surface area contributed by atoms with Crippen LogP contribution in [0.1, 0.15) is 5.56 Å². The highest BCUT2D eigenvalue weighted by molar-refractivity contribution is 9.09. The van der Waals surface area contributed by atoms with Gasteiger partial charge in [-0.25, -0.2) is 0 Å². The quantitative estimate of drug-likeness (QED) is 0.363. The van der Waals surface area contributed by atoms with Crippen LogP contribution in [-0.4, -0.2) is 22.3 Å². The van der Waals surface area contributed by atoms with Crippen molar-refractivity contribution in [3.05, 3.63) is 33.9 Å². The lowest BCUT2D eigenvalue weighted by Crippen LogP contribution is -2.06. The standard InChI is InChI=1S/C10H10BrNO3S/c1-16-9-2-3-10(12(14)15)7(5-9)4-8(13)6-11/h2-3,5H,4,6H2,1H3. The fourth-order valence-electron chi connectivity index (χ4n) is 1.27. The van der Waals surface area contributed by atoms with E-state index in [1.165, 1.54) is 17.8 Å². The highest BCUT2D eigenvalue weighted by atomic mass is 79.9. The average Bonchev–Trinajstić information content (AvgIpc) is 2.28. The molecular formula is C10H10BrNO3S. The van der Waals surface area contributed by atoms with Gasteiger partial charge in [-0.2, -0.15) is 0 Å². The van der Waals surface area contributed by atoms with E-state index >= 15 is 0 Å². The normalized spacial score (nSPS) is 10.1. The summed E-state index contributed by atoms with van der Waals surface area (Å²) in [7, 11) is 0. The zero-order valence-corrected chi connectivity index (χ0v) is 11.0. The molecule has 0 aromatic heterocycles. The molecule has 0 spiro atoms. The van der Waals surface area contributed by atoms with E-state index in [0.29, 0.717) is 5.56 Å². The van der Waals surface area contributed by atoms with E-state index in [2.05, 4.69) is 15.9 Å². The largest absolute Gasteiger partial charge is 0.298 e. The lowest BCUT2D eigenvalue weighted by Gasteiger charge is -2.03. The van der Waals surface area contributed by atoms with Crippen LogP contribution in [0.2, 0.25) is 0 Å². The number of nitro groups is 1. The predicted octanol–water partition coefficient (Wildman–Crippen LogP) is 2.82. The summed E-state index contributed by atoms with van der Waals surface area (Å²) in [4.78, 5) is 22.5. The fourth-order valence-corrected chi connectivity index (χ4v) is 1.93. The highest BCUT2D eigenvalue weighted by Crippen LogP contribution is 2.25. The van der Waals surface area contributed by atoms with Gasteiger partial charge in [-0.1, -0.05) is 15.9 Å². The minimum Gasteiger partial charge on any atom is -0.298 e. The average molecular weight is 304 g/mol. The van der Waals surface area contributed by atoms with Gasteiger partial charge in [0.2, 0.25) is 0 Å². The van der Waals surface area contributed by atoms with Gasteiger partial charge in [-0.05, 0) is 18.4 Å². The molecule has 0 atom stereocenters. The Bertz CT molecular complexity index is 423. The molecule has 0 aliphatic heterocycles. The molecule has 0 N–H and O–H groups in total. The highest BCUT2D eigenvalue weighted by Gasteiger charge is 2.16. The minimum atomic E-state index is -0.457. The zero-order valence-electron chi connectivity index (χ0n) is 8.60. The number of ketones is 1. The Morgan fingerprint density at radius 3 is 2.75 bits per heavy atom. The number of nitro benzene ring substituents is 1. The summed E-state index contributed by atoms with van der Waals surface area (Å²) in [5.41, 5.74) is 0.480. The third-order valence-electron chi connectivity index (χ3n) is 2.02. The van der Waals surface area contributed by atoms with Crippen molar-refractivity contribution in [1.82, 2.24) is 0 Å². The van der Waals surface area contributed by atoms with Crippen LogP contribution in [-0.2, 0) is 11.2 Å². The number of alkyl halides is 1. The van der Waals surface area contributed by atoms with Crippen LogP contribution < -0.4 is 0 Å². The lowest BCUT2D eigenvalue weighted by atomic mass is 10.1. The molecule has 0 fully saturated rings. The number of benzene rings is 1. The molecule has 0 radical (unpaired) electrons. The number of nitrogens with zero attached hydrogens (tertiary/aromatic N) is 1. The van der Waals surface area contributed by atoms with E-state index in [1.54, 1.807) is 12.1 Å². The maximum absolute atomic E-state index is 11.3.